The number of nitrogens with one attached hydrogen (secondary N) is 1. The Balaban J connectivity index is 2.10. The first kappa shape index (κ1) is 13.5. The summed E-state index contributed by atoms with van der Waals surface area (Å²) in [6.45, 7) is 1.98. The van der Waals surface area contributed by atoms with Crippen molar-refractivity contribution in [3.8, 4) is 5.75 Å². The topological polar surface area (TPSA) is 90.6 Å². The van der Waals surface area contributed by atoms with E-state index in [-0.39, 0.29) is 0 Å². The minimum atomic E-state index is -0.701. The van der Waals surface area contributed by atoms with Gasteiger partial charge < -0.3 is 5.11 Å². The van der Waals surface area contributed by atoms with Crippen LogP contribution in [0.15, 0.2) is 47.6 Å². The lowest BCUT2D eigenvalue weighted by Crippen LogP contribution is -1.99. The number of benzene rings is 2. The molecule has 0 unspecified atom stereocenters. The van der Waals surface area contributed by atoms with Crippen LogP contribution in [-0.2, 0) is 0 Å². The number of aryl methyl sites for hydroxylation is 1. The number of nitrogens with zero attached hydrogens (tertiary/aromatic N) is 2. The third kappa shape index (κ3) is 3.32. The van der Waals surface area contributed by atoms with E-state index in [2.05, 4.69) is 10.5 Å². The van der Waals surface area contributed by atoms with Gasteiger partial charge in [-0.25, -0.2) is 0 Å². The van der Waals surface area contributed by atoms with Crippen molar-refractivity contribution >= 4 is 17.6 Å². The average molecular weight is 270 g/mol. The van der Waals surface area contributed by atoms with Crippen LogP contribution in [0.4, 0.5) is 11.4 Å². The first-order valence-electron chi connectivity index (χ1n) is 5.87. The van der Waals surface area contributed by atoms with E-state index in [1.54, 1.807) is 0 Å². The lowest BCUT2D eigenvalue weighted by atomic mass is 10.2. The van der Waals surface area contributed by atoms with Crippen molar-refractivity contribution in [3.05, 3.63) is 63.7 Å². The molecule has 0 amide bonds. The molecule has 102 valence electrons. The number of hydrogen-bond acceptors (Lipinski definition) is 5. The van der Waals surface area contributed by atoms with E-state index in [0.29, 0.717) is 5.56 Å². The monoisotopic (exact) mass is 270 g/mol. The van der Waals surface area contributed by atoms with Gasteiger partial charge in [-0.15, -0.1) is 0 Å². The van der Waals surface area contributed by atoms with Crippen LogP contribution >= 0.6 is 0 Å². The predicted octanol–water partition coefficient (Wildman–Crippen LogP) is 2.42. The van der Waals surface area contributed by atoms with Crippen molar-refractivity contribution in [2.24, 2.45) is 5.10 Å². The van der Waals surface area contributed by atoms with Crippen molar-refractivity contribution in [3.63, 3.8) is 0 Å². The zero-order valence-electron chi connectivity index (χ0n) is 10.7. The van der Waals surface area contributed by atoms with Gasteiger partial charge >= 0.3 is 0 Å². The standard InChI is InChI=1S/C14H13N3O3/c1-10-2-5-12(6-3-10)16-15-9-11-4-7-14(18)13(8-11)17(19)20/h2-9,16,18H,1H3/p-1/b15-9-. The second-order valence-electron chi connectivity index (χ2n) is 4.22. The molecule has 0 aromatic heterocycles. The van der Waals surface area contributed by atoms with E-state index in [1.165, 1.54) is 18.3 Å². The fraction of sp³-hybridized carbons (Fsp3) is 0.0714. The highest BCUT2D eigenvalue weighted by atomic mass is 16.6. The second kappa shape index (κ2) is 5.83. The van der Waals surface area contributed by atoms with Gasteiger partial charge in [-0.2, -0.15) is 5.10 Å². The molecule has 0 saturated carbocycles. The maximum absolute atomic E-state index is 11.2. The Labute approximate surface area is 115 Å². The van der Waals surface area contributed by atoms with E-state index in [1.807, 2.05) is 31.2 Å². The van der Waals surface area contributed by atoms with Crippen molar-refractivity contribution in [2.75, 3.05) is 5.43 Å². The van der Waals surface area contributed by atoms with Crippen LogP contribution in [0.2, 0.25) is 0 Å². The number of nitro benzene ring substituents is 1. The van der Waals surface area contributed by atoms with Crippen molar-refractivity contribution in [2.45, 2.75) is 6.92 Å². The van der Waals surface area contributed by atoms with Crippen LogP contribution in [0, 0.1) is 17.0 Å². The number of nitro groups is 1. The van der Waals surface area contributed by atoms with E-state index >= 15 is 0 Å². The summed E-state index contributed by atoms with van der Waals surface area (Å²) in [4.78, 5) is 9.95. The first-order chi connectivity index (χ1) is 9.56. The van der Waals surface area contributed by atoms with E-state index in [9.17, 15) is 15.2 Å². The summed E-state index contributed by atoms with van der Waals surface area (Å²) in [5, 5.41) is 25.9. The van der Waals surface area contributed by atoms with Gasteiger partial charge in [-0.05, 0) is 24.8 Å². The molecule has 0 spiro atoms. The number of anilines is 1. The summed E-state index contributed by atoms with van der Waals surface area (Å²) >= 11 is 0. The molecule has 2 aromatic carbocycles. The van der Waals surface area contributed by atoms with Crippen LogP contribution in [0.3, 0.4) is 0 Å². The van der Waals surface area contributed by atoms with Gasteiger partial charge in [-0.1, -0.05) is 29.8 Å². The van der Waals surface area contributed by atoms with E-state index < -0.39 is 16.4 Å². The Kier molecular flexibility index (Phi) is 3.95. The summed E-state index contributed by atoms with van der Waals surface area (Å²) in [6, 6.07) is 11.5. The molecule has 2 aromatic rings. The summed E-state index contributed by atoms with van der Waals surface area (Å²) in [5.41, 5.74) is 4.78. The van der Waals surface area contributed by atoms with Crippen molar-refractivity contribution < 1.29 is 10.0 Å². The minimum absolute atomic E-state index is 0.454. The van der Waals surface area contributed by atoms with Crippen LogP contribution in [0.5, 0.6) is 5.75 Å². The summed E-state index contributed by atoms with van der Waals surface area (Å²) in [5.74, 6) is -0.612. The zero-order chi connectivity index (χ0) is 14.5. The molecule has 0 aliphatic carbocycles. The van der Waals surface area contributed by atoms with Gasteiger partial charge in [0.15, 0.2) is 0 Å². The van der Waals surface area contributed by atoms with Gasteiger partial charge in [0.1, 0.15) is 0 Å². The molecule has 0 atom stereocenters. The number of rotatable bonds is 4. The molecular formula is C14H12N3O3-. The molecule has 0 heterocycles. The molecule has 6 heteroatoms. The first-order valence-corrected chi connectivity index (χ1v) is 5.87. The highest BCUT2D eigenvalue weighted by Gasteiger charge is 2.06. The van der Waals surface area contributed by atoms with Crippen LogP contribution in [0.1, 0.15) is 11.1 Å². The highest BCUT2D eigenvalue weighted by molar-refractivity contribution is 5.82. The summed E-state index contributed by atoms with van der Waals surface area (Å²) in [7, 11) is 0. The molecule has 0 fully saturated rings. The lowest BCUT2D eigenvalue weighted by molar-refractivity contribution is -0.398. The Bertz CT molecular complexity index is 651. The van der Waals surface area contributed by atoms with Crippen LogP contribution in [-0.4, -0.2) is 11.1 Å². The van der Waals surface area contributed by atoms with Gasteiger partial charge in [0.2, 0.25) is 0 Å². The molecule has 0 aliphatic heterocycles. The van der Waals surface area contributed by atoms with Crippen molar-refractivity contribution in [1.82, 2.24) is 0 Å². The molecule has 0 saturated heterocycles. The third-order valence-corrected chi connectivity index (χ3v) is 2.64. The Hall–Kier alpha value is -2.89. The molecule has 1 N–H and O–H groups in total. The minimum Gasteiger partial charge on any atom is -0.868 e. The quantitative estimate of drug-likeness (QED) is 0.524. The molecule has 0 bridgehead atoms. The summed E-state index contributed by atoms with van der Waals surface area (Å²) < 4.78 is 0. The molecule has 0 radical (unpaired) electrons. The number of hydrogen-bond donors (Lipinski definition) is 1. The largest absolute Gasteiger partial charge is 0.868 e. The second-order valence-corrected chi connectivity index (χ2v) is 4.22. The Morgan fingerprint density at radius 3 is 2.55 bits per heavy atom. The maximum Gasteiger partial charge on any atom is 0.262 e. The SMILES string of the molecule is Cc1ccc(N/N=C\c2ccc([O-])c([N+](=O)[O-])c2)cc1. The smallest absolute Gasteiger partial charge is 0.262 e. The molecule has 6 nitrogen and oxygen atoms in total. The molecule has 2 rings (SSSR count). The average Bonchev–Trinajstić information content (AvgIpc) is 2.42. The van der Waals surface area contributed by atoms with Gasteiger partial charge in [0, 0.05) is 11.6 Å². The summed E-state index contributed by atoms with van der Waals surface area (Å²) in [6.07, 6.45) is 1.42. The molecule has 0 aliphatic rings. The fourth-order valence-corrected chi connectivity index (χ4v) is 1.57. The predicted molar refractivity (Wildman–Crippen MR) is 74.9 cm³/mol. The normalized spacial score (nSPS) is 10.7. The van der Waals surface area contributed by atoms with E-state index in [0.717, 1.165) is 17.3 Å². The van der Waals surface area contributed by atoms with Crippen LogP contribution in [0.25, 0.3) is 0 Å². The zero-order valence-corrected chi connectivity index (χ0v) is 10.7. The number of hydrazone groups is 1. The van der Waals surface area contributed by atoms with Crippen LogP contribution < -0.4 is 10.5 Å². The maximum atomic E-state index is 11.2. The van der Waals surface area contributed by atoms with Gasteiger partial charge in [0.05, 0.1) is 16.8 Å². The Morgan fingerprint density at radius 1 is 1.20 bits per heavy atom. The lowest BCUT2D eigenvalue weighted by Gasteiger charge is -2.06. The van der Waals surface area contributed by atoms with Crippen molar-refractivity contribution in [1.29, 1.82) is 0 Å². The third-order valence-electron chi connectivity index (χ3n) is 2.64. The molecule has 20 heavy (non-hydrogen) atoms. The fourth-order valence-electron chi connectivity index (χ4n) is 1.57. The van der Waals surface area contributed by atoms with E-state index in [4.69, 9.17) is 0 Å². The highest BCUT2D eigenvalue weighted by Crippen LogP contribution is 2.22. The molecular weight excluding hydrogens is 258 g/mol. The van der Waals surface area contributed by atoms with Gasteiger partial charge in [0.25, 0.3) is 5.69 Å². The Morgan fingerprint density at radius 2 is 1.90 bits per heavy atom. The van der Waals surface area contributed by atoms with Gasteiger partial charge in [-0.3, -0.25) is 15.5 Å².